The largest absolute Gasteiger partial charge is 0.490 e. The third kappa shape index (κ3) is 4.36. The summed E-state index contributed by atoms with van der Waals surface area (Å²) in [5.41, 5.74) is 2.85. The zero-order valence-corrected chi connectivity index (χ0v) is 17.6. The fraction of sp³-hybridized carbons (Fsp3) is 0.154. The highest BCUT2D eigenvalue weighted by Crippen LogP contribution is 2.31. The van der Waals surface area contributed by atoms with Crippen molar-refractivity contribution < 1.29 is 14.3 Å². The molecule has 0 N–H and O–H groups in total. The predicted octanol–water partition coefficient (Wildman–Crippen LogP) is 5.32. The molecule has 5 nitrogen and oxygen atoms in total. The van der Waals surface area contributed by atoms with E-state index < -0.39 is 0 Å². The van der Waals surface area contributed by atoms with Crippen molar-refractivity contribution in [1.82, 2.24) is 0 Å². The fourth-order valence-corrected chi connectivity index (χ4v) is 3.43. The molecule has 0 bridgehead atoms. The second kappa shape index (κ2) is 9.30. The molecule has 5 heteroatoms. The van der Waals surface area contributed by atoms with Gasteiger partial charge in [0, 0.05) is 5.56 Å². The first-order valence-electron chi connectivity index (χ1n) is 10.4. The summed E-state index contributed by atoms with van der Waals surface area (Å²) >= 11 is 0. The number of carbonyl (C=O) groups is 1. The first-order valence-corrected chi connectivity index (χ1v) is 10.4. The van der Waals surface area contributed by atoms with Crippen LogP contribution in [-0.4, -0.2) is 25.0 Å². The Bertz CT molecular complexity index is 1120. The molecular weight excluding hydrogens is 388 g/mol. The number of hydrogen-bond acceptors (Lipinski definition) is 4. The van der Waals surface area contributed by atoms with Crippen molar-refractivity contribution in [3.05, 3.63) is 95.7 Å². The van der Waals surface area contributed by atoms with Crippen LogP contribution in [0.25, 0.3) is 6.08 Å². The Hall–Kier alpha value is -3.86. The number of nitrogens with zero attached hydrogens (tertiary/aromatic N) is 2. The van der Waals surface area contributed by atoms with Gasteiger partial charge in [0.15, 0.2) is 11.5 Å². The van der Waals surface area contributed by atoms with E-state index in [-0.39, 0.29) is 5.91 Å². The topological polar surface area (TPSA) is 51.1 Å². The Morgan fingerprint density at radius 3 is 2.16 bits per heavy atom. The SMILES string of the molecule is CCOc1ccc(C=C2N=C(c3ccccc3)N(c3ccccc3)C2=O)cc1OCC. The van der Waals surface area contributed by atoms with Crippen LogP contribution in [0.4, 0.5) is 5.69 Å². The Morgan fingerprint density at radius 2 is 1.48 bits per heavy atom. The molecule has 1 aliphatic rings. The maximum Gasteiger partial charge on any atom is 0.282 e. The summed E-state index contributed by atoms with van der Waals surface area (Å²) in [6, 6.07) is 24.9. The lowest BCUT2D eigenvalue weighted by molar-refractivity contribution is -0.113. The van der Waals surface area contributed by atoms with Crippen LogP contribution in [0.1, 0.15) is 25.0 Å². The number of aliphatic imine (C=N–C) groups is 1. The third-order valence-electron chi connectivity index (χ3n) is 4.78. The molecule has 0 saturated carbocycles. The molecule has 3 aromatic rings. The number of amides is 1. The average molecular weight is 412 g/mol. The summed E-state index contributed by atoms with van der Waals surface area (Å²) < 4.78 is 11.4. The minimum absolute atomic E-state index is 0.170. The molecule has 1 heterocycles. The van der Waals surface area contributed by atoms with Crippen molar-refractivity contribution in [2.45, 2.75) is 13.8 Å². The lowest BCUT2D eigenvalue weighted by Crippen LogP contribution is -2.32. The van der Waals surface area contributed by atoms with E-state index in [0.717, 1.165) is 16.8 Å². The van der Waals surface area contributed by atoms with E-state index in [9.17, 15) is 4.79 Å². The number of para-hydroxylation sites is 1. The number of amidine groups is 1. The van der Waals surface area contributed by atoms with E-state index in [1.54, 1.807) is 11.0 Å². The quantitative estimate of drug-likeness (QED) is 0.494. The Labute approximate surface area is 182 Å². The van der Waals surface area contributed by atoms with Gasteiger partial charge < -0.3 is 9.47 Å². The molecule has 4 rings (SSSR count). The van der Waals surface area contributed by atoms with E-state index in [2.05, 4.69) is 0 Å². The van der Waals surface area contributed by atoms with Crippen LogP contribution < -0.4 is 14.4 Å². The number of anilines is 1. The fourth-order valence-electron chi connectivity index (χ4n) is 3.43. The van der Waals surface area contributed by atoms with Crippen LogP contribution in [0.2, 0.25) is 0 Å². The minimum atomic E-state index is -0.170. The van der Waals surface area contributed by atoms with Crippen LogP contribution in [-0.2, 0) is 4.79 Å². The van der Waals surface area contributed by atoms with Gasteiger partial charge in [-0.1, -0.05) is 54.6 Å². The van der Waals surface area contributed by atoms with Gasteiger partial charge in [0.05, 0.1) is 18.9 Å². The average Bonchev–Trinajstić information content (AvgIpc) is 3.13. The summed E-state index contributed by atoms with van der Waals surface area (Å²) in [6.07, 6.45) is 1.78. The summed E-state index contributed by atoms with van der Waals surface area (Å²) in [5, 5.41) is 0. The van der Waals surface area contributed by atoms with Gasteiger partial charge >= 0.3 is 0 Å². The minimum Gasteiger partial charge on any atom is -0.490 e. The normalized spacial score (nSPS) is 14.6. The van der Waals surface area contributed by atoms with E-state index in [1.165, 1.54) is 0 Å². The molecular formula is C26H24N2O3. The Kier molecular flexibility index (Phi) is 6.13. The van der Waals surface area contributed by atoms with Crippen molar-refractivity contribution in [3.63, 3.8) is 0 Å². The van der Waals surface area contributed by atoms with Gasteiger partial charge in [0.25, 0.3) is 5.91 Å². The summed E-state index contributed by atoms with van der Waals surface area (Å²) in [6.45, 7) is 4.93. The molecule has 31 heavy (non-hydrogen) atoms. The second-order valence-electron chi connectivity index (χ2n) is 6.88. The van der Waals surface area contributed by atoms with Gasteiger partial charge in [-0.05, 0) is 49.8 Å². The highest BCUT2D eigenvalue weighted by Gasteiger charge is 2.32. The predicted molar refractivity (Wildman–Crippen MR) is 124 cm³/mol. The van der Waals surface area contributed by atoms with Crippen LogP contribution in [0.3, 0.4) is 0 Å². The van der Waals surface area contributed by atoms with Crippen molar-refractivity contribution in [2.75, 3.05) is 18.1 Å². The van der Waals surface area contributed by atoms with Crippen LogP contribution in [0.15, 0.2) is 89.6 Å². The van der Waals surface area contributed by atoms with Gasteiger partial charge in [-0.3, -0.25) is 9.69 Å². The third-order valence-corrected chi connectivity index (χ3v) is 4.78. The first kappa shape index (κ1) is 20.4. The lowest BCUT2D eigenvalue weighted by Gasteiger charge is -2.18. The second-order valence-corrected chi connectivity index (χ2v) is 6.88. The summed E-state index contributed by atoms with van der Waals surface area (Å²) in [5.74, 6) is 1.77. The van der Waals surface area contributed by atoms with Crippen LogP contribution in [0, 0.1) is 0 Å². The van der Waals surface area contributed by atoms with E-state index in [4.69, 9.17) is 14.5 Å². The van der Waals surface area contributed by atoms with Gasteiger partial charge in [-0.15, -0.1) is 0 Å². The molecule has 3 aromatic carbocycles. The zero-order chi connectivity index (χ0) is 21.6. The molecule has 0 aromatic heterocycles. The van der Waals surface area contributed by atoms with Gasteiger partial charge in [-0.25, -0.2) is 4.99 Å². The summed E-state index contributed by atoms with van der Waals surface area (Å²) in [7, 11) is 0. The molecule has 0 spiro atoms. The number of ether oxygens (including phenoxy) is 2. The van der Waals surface area contributed by atoms with E-state index >= 15 is 0 Å². The summed E-state index contributed by atoms with van der Waals surface area (Å²) in [4.78, 5) is 19.7. The Morgan fingerprint density at radius 1 is 0.839 bits per heavy atom. The molecule has 0 atom stereocenters. The first-order chi connectivity index (χ1) is 15.2. The smallest absolute Gasteiger partial charge is 0.282 e. The molecule has 156 valence electrons. The highest BCUT2D eigenvalue weighted by atomic mass is 16.5. The Balaban J connectivity index is 1.76. The molecule has 0 radical (unpaired) electrons. The molecule has 1 aliphatic heterocycles. The number of rotatable bonds is 7. The van der Waals surface area contributed by atoms with Crippen LogP contribution in [0.5, 0.6) is 11.5 Å². The highest BCUT2D eigenvalue weighted by molar-refractivity contribution is 6.33. The van der Waals surface area contributed by atoms with Crippen LogP contribution >= 0.6 is 0 Å². The monoisotopic (exact) mass is 412 g/mol. The molecule has 1 amide bonds. The molecule has 0 fully saturated rings. The van der Waals surface area contributed by atoms with Gasteiger partial charge in [-0.2, -0.15) is 0 Å². The number of carbonyl (C=O) groups excluding carboxylic acids is 1. The van der Waals surface area contributed by atoms with Crippen molar-refractivity contribution in [1.29, 1.82) is 0 Å². The maximum absolute atomic E-state index is 13.4. The van der Waals surface area contributed by atoms with Crippen molar-refractivity contribution >= 4 is 23.5 Å². The standard InChI is InChI=1S/C26H24N2O3/c1-3-30-23-16-15-19(18-24(23)31-4-2)17-22-26(29)28(21-13-9-6-10-14-21)25(27-22)20-11-7-5-8-12-20/h5-18H,3-4H2,1-2H3. The van der Waals surface area contributed by atoms with Crippen molar-refractivity contribution in [2.24, 2.45) is 4.99 Å². The molecule has 0 saturated heterocycles. The van der Waals surface area contributed by atoms with Gasteiger partial charge in [0.1, 0.15) is 11.5 Å². The molecule has 0 aliphatic carbocycles. The van der Waals surface area contributed by atoms with Gasteiger partial charge in [0.2, 0.25) is 0 Å². The number of benzene rings is 3. The lowest BCUT2D eigenvalue weighted by atomic mass is 10.1. The van der Waals surface area contributed by atoms with Crippen molar-refractivity contribution in [3.8, 4) is 11.5 Å². The maximum atomic E-state index is 13.4. The molecule has 0 unspecified atom stereocenters. The zero-order valence-electron chi connectivity index (χ0n) is 17.6. The van der Waals surface area contributed by atoms with E-state index in [0.29, 0.717) is 36.2 Å². The number of hydrogen-bond donors (Lipinski definition) is 0. The van der Waals surface area contributed by atoms with E-state index in [1.807, 2.05) is 92.7 Å².